The normalized spacial score (nSPS) is 49.8. The summed E-state index contributed by atoms with van der Waals surface area (Å²) in [5.41, 5.74) is -4.52. The van der Waals surface area contributed by atoms with E-state index in [-0.39, 0.29) is 13.0 Å². The third kappa shape index (κ3) is 2.17. The molecule has 0 radical (unpaired) electrons. The molecule has 0 heterocycles. The third-order valence-corrected chi connectivity index (χ3v) is 8.31. The van der Waals surface area contributed by atoms with Crippen molar-refractivity contribution in [1.29, 1.82) is 0 Å². The highest BCUT2D eigenvalue weighted by molar-refractivity contribution is 6.04. The van der Waals surface area contributed by atoms with E-state index in [2.05, 4.69) is 0 Å². The number of hydrogen-bond acceptors (Lipinski definition) is 7. The number of carbonyl (C=O) groups excluding carboxylic acids is 2. The highest BCUT2D eigenvalue weighted by atomic mass is 16.6. The lowest BCUT2D eigenvalue weighted by Crippen LogP contribution is -2.65. The molecule has 7 nitrogen and oxygen atoms in total. The van der Waals surface area contributed by atoms with Crippen LogP contribution in [-0.2, 0) is 14.3 Å². The van der Waals surface area contributed by atoms with Gasteiger partial charge in [0.25, 0.3) is 0 Å². The van der Waals surface area contributed by atoms with Crippen molar-refractivity contribution in [2.24, 2.45) is 29.1 Å². The van der Waals surface area contributed by atoms with Crippen molar-refractivity contribution in [3.05, 3.63) is 23.3 Å². The molecular weight excluding hydrogens is 376 g/mol. The second-order valence-electron chi connectivity index (χ2n) is 9.97. The van der Waals surface area contributed by atoms with E-state index >= 15 is 0 Å². The summed E-state index contributed by atoms with van der Waals surface area (Å²) in [6, 6.07) is 0. The number of hydrogen-bond donors (Lipinski definition) is 4. The second kappa shape index (κ2) is 5.78. The number of ether oxygens (including phenoxy) is 1. The van der Waals surface area contributed by atoms with Crippen LogP contribution in [0.2, 0.25) is 0 Å². The number of fused-ring (bicyclic) bond motifs is 5. The minimum absolute atomic E-state index is 0.0871. The molecule has 2 saturated carbocycles. The number of rotatable bonds is 2. The SMILES string of the molecule is CC(=O)O[C@]12C([C@@H]3C=C(CO)C[C@]4(O)C(=O)C(C)=CC4[C@@]3(O)[C@H](C)[C@H]1O)C2(C)C. The molecule has 2 unspecified atom stereocenters. The smallest absolute Gasteiger partial charge is 0.303 e. The summed E-state index contributed by atoms with van der Waals surface area (Å²) in [5.74, 6) is -3.77. The molecule has 4 aliphatic rings. The minimum Gasteiger partial charge on any atom is -0.456 e. The molecule has 0 aromatic carbocycles. The van der Waals surface area contributed by atoms with Crippen LogP contribution in [0.25, 0.3) is 0 Å². The molecule has 7 heteroatoms. The fraction of sp³-hybridized carbons (Fsp3) is 0.727. The molecule has 2 fully saturated rings. The van der Waals surface area contributed by atoms with Gasteiger partial charge in [-0.15, -0.1) is 0 Å². The van der Waals surface area contributed by atoms with E-state index in [1.807, 2.05) is 13.8 Å². The Morgan fingerprint density at radius 3 is 2.45 bits per heavy atom. The molecule has 4 N–H and O–H groups in total. The van der Waals surface area contributed by atoms with Gasteiger partial charge in [-0.3, -0.25) is 9.59 Å². The van der Waals surface area contributed by atoms with Gasteiger partial charge in [0.2, 0.25) is 0 Å². The highest BCUT2D eigenvalue weighted by Gasteiger charge is 2.86. The maximum Gasteiger partial charge on any atom is 0.303 e. The van der Waals surface area contributed by atoms with E-state index in [9.17, 15) is 30.0 Å². The van der Waals surface area contributed by atoms with Crippen molar-refractivity contribution in [1.82, 2.24) is 0 Å². The van der Waals surface area contributed by atoms with E-state index < -0.39 is 63.7 Å². The zero-order chi connectivity index (χ0) is 21.7. The Morgan fingerprint density at radius 2 is 1.90 bits per heavy atom. The van der Waals surface area contributed by atoms with E-state index in [0.29, 0.717) is 11.1 Å². The molecule has 160 valence electrons. The van der Waals surface area contributed by atoms with Crippen LogP contribution >= 0.6 is 0 Å². The summed E-state index contributed by atoms with van der Waals surface area (Å²) in [6.45, 7) is 7.96. The van der Waals surface area contributed by atoms with Gasteiger partial charge in [-0.25, -0.2) is 0 Å². The van der Waals surface area contributed by atoms with Crippen LogP contribution in [0.4, 0.5) is 0 Å². The van der Waals surface area contributed by atoms with Crippen molar-refractivity contribution < 1.29 is 34.8 Å². The molecular formula is C22H30O7. The average molecular weight is 406 g/mol. The van der Waals surface area contributed by atoms with Crippen molar-refractivity contribution in [2.75, 3.05) is 6.61 Å². The predicted molar refractivity (Wildman–Crippen MR) is 102 cm³/mol. The van der Waals surface area contributed by atoms with E-state index in [4.69, 9.17) is 4.74 Å². The standard InChI is InChI=1S/C22H30O7/c1-10-6-15-20(27,17(10)25)8-13(9-23)7-14-16-19(4,5)22(16,29-12(3)24)18(26)11(2)21(14,15)28/h6-7,11,14-16,18,23,26-28H,8-9H2,1-5H3/t11-,14+,15?,16?,18-,20-,21-,22-/m1/s1. The number of aliphatic hydroxyl groups is 4. The third-order valence-electron chi connectivity index (χ3n) is 8.31. The van der Waals surface area contributed by atoms with E-state index in [1.165, 1.54) is 6.92 Å². The van der Waals surface area contributed by atoms with Crippen LogP contribution in [0.5, 0.6) is 0 Å². The number of esters is 1. The van der Waals surface area contributed by atoms with Crippen LogP contribution < -0.4 is 0 Å². The zero-order valence-electron chi connectivity index (χ0n) is 17.5. The van der Waals surface area contributed by atoms with Crippen molar-refractivity contribution in [2.45, 2.75) is 63.9 Å². The first-order chi connectivity index (χ1) is 13.3. The molecule has 8 atom stereocenters. The highest BCUT2D eigenvalue weighted by Crippen LogP contribution is 2.76. The van der Waals surface area contributed by atoms with Gasteiger partial charge in [0.05, 0.1) is 18.3 Å². The molecule has 29 heavy (non-hydrogen) atoms. The Bertz CT molecular complexity index is 857. The van der Waals surface area contributed by atoms with Crippen LogP contribution in [0, 0.1) is 29.1 Å². The van der Waals surface area contributed by atoms with Crippen LogP contribution in [0.3, 0.4) is 0 Å². The Morgan fingerprint density at radius 1 is 1.28 bits per heavy atom. The lowest BCUT2D eigenvalue weighted by molar-refractivity contribution is -0.218. The monoisotopic (exact) mass is 406 g/mol. The van der Waals surface area contributed by atoms with Crippen molar-refractivity contribution in [3.63, 3.8) is 0 Å². The summed E-state index contributed by atoms with van der Waals surface area (Å²) >= 11 is 0. The molecule has 0 saturated heterocycles. The van der Waals surface area contributed by atoms with E-state index in [1.54, 1.807) is 26.0 Å². The molecule has 0 aliphatic heterocycles. The molecule has 0 amide bonds. The van der Waals surface area contributed by atoms with Crippen LogP contribution in [-0.4, -0.2) is 61.7 Å². The van der Waals surface area contributed by atoms with Crippen molar-refractivity contribution in [3.8, 4) is 0 Å². The Hall–Kier alpha value is -1.54. The van der Waals surface area contributed by atoms with Crippen LogP contribution in [0.15, 0.2) is 23.3 Å². The van der Waals surface area contributed by atoms with Gasteiger partial charge in [0, 0.05) is 42.4 Å². The van der Waals surface area contributed by atoms with Gasteiger partial charge in [-0.1, -0.05) is 32.9 Å². The van der Waals surface area contributed by atoms with Gasteiger partial charge in [-0.05, 0) is 18.1 Å². The maximum absolute atomic E-state index is 12.8. The Balaban J connectivity index is 1.94. The Labute approximate surface area is 170 Å². The first-order valence-corrected chi connectivity index (χ1v) is 10.2. The Kier molecular flexibility index (Phi) is 4.13. The van der Waals surface area contributed by atoms with Crippen molar-refractivity contribution >= 4 is 11.8 Å². The lowest BCUT2D eigenvalue weighted by atomic mass is 9.59. The first kappa shape index (κ1) is 20.7. The molecule has 4 aliphatic carbocycles. The summed E-state index contributed by atoms with van der Waals surface area (Å²) in [5, 5.41) is 44.7. The number of aliphatic hydroxyl groups excluding tert-OH is 2. The number of ketones is 1. The molecule has 0 bridgehead atoms. The average Bonchev–Trinajstić information content (AvgIpc) is 3.06. The number of Topliss-reactive ketones (excluding diaryl/α,β-unsaturated/α-hetero) is 1. The van der Waals surface area contributed by atoms with Gasteiger partial charge >= 0.3 is 5.97 Å². The summed E-state index contributed by atoms with van der Waals surface area (Å²) in [4.78, 5) is 24.7. The van der Waals surface area contributed by atoms with Gasteiger partial charge in [0.15, 0.2) is 5.78 Å². The van der Waals surface area contributed by atoms with E-state index in [0.717, 1.165) is 0 Å². The zero-order valence-corrected chi connectivity index (χ0v) is 17.5. The summed E-state index contributed by atoms with van der Waals surface area (Å²) in [7, 11) is 0. The molecule has 0 aromatic rings. The quantitative estimate of drug-likeness (QED) is 0.389. The van der Waals surface area contributed by atoms with Gasteiger partial charge < -0.3 is 25.2 Å². The first-order valence-electron chi connectivity index (χ1n) is 10.2. The lowest BCUT2D eigenvalue weighted by Gasteiger charge is -2.52. The fourth-order valence-electron chi connectivity index (χ4n) is 6.91. The van der Waals surface area contributed by atoms with Crippen LogP contribution in [0.1, 0.15) is 41.0 Å². The molecule has 0 aromatic heterocycles. The fourth-order valence-corrected chi connectivity index (χ4v) is 6.91. The number of carbonyl (C=O) groups is 2. The topological polar surface area (TPSA) is 124 Å². The maximum atomic E-state index is 12.8. The molecule has 0 spiro atoms. The predicted octanol–water partition coefficient (Wildman–Crippen LogP) is 0.501. The summed E-state index contributed by atoms with van der Waals surface area (Å²) < 4.78 is 5.70. The molecule has 4 rings (SSSR count). The largest absolute Gasteiger partial charge is 0.456 e. The summed E-state index contributed by atoms with van der Waals surface area (Å²) in [6.07, 6.45) is 2.06. The second-order valence-corrected chi connectivity index (χ2v) is 9.97. The minimum atomic E-state index is -1.88. The van der Waals surface area contributed by atoms with Gasteiger partial charge in [0.1, 0.15) is 11.2 Å². The van der Waals surface area contributed by atoms with Gasteiger partial charge in [-0.2, -0.15) is 0 Å².